The lowest BCUT2D eigenvalue weighted by atomic mass is 9.98. The maximum Gasteiger partial charge on any atom is 0.422 e. The number of piperidine rings is 1. The normalized spacial score (nSPS) is 17.9. The van der Waals surface area contributed by atoms with E-state index < -0.39 is 22.4 Å². The predicted molar refractivity (Wildman–Crippen MR) is 71.8 cm³/mol. The van der Waals surface area contributed by atoms with Crippen LogP contribution < -0.4 is 0 Å². The lowest BCUT2D eigenvalue weighted by Crippen LogP contribution is -2.32. The number of rotatable bonds is 3. The highest BCUT2D eigenvalue weighted by Gasteiger charge is 2.38. The SMILES string of the molecule is CC1CCN(Cc2ccc(C(F)(F)F)c([N+](=O)[O-])c2)CC1. The van der Waals surface area contributed by atoms with E-state index in [1.165, 1.54) is 6.07 Å². The molecule has 1 aliphatic rings. The minimum Gasteiger partial charge on any atom is -0.299 e. The molecule has 1 fully saturated rings. The number of nitro groups is 1. The molecule has 1 aromatic rings. The zero-order valence-corrected chi connectivity index (χ0v) is 11.7. The van der Waals surface area contributed by atoms with Crippen LogP contribution in [-0.2, 0) is 12.7 Å². The summed E-state index contributed by atoms with van der Waals surface area (Å²) in [5.74, 6) is 0.656. The minimum absolute atomic E-state index is 0.450. The smallest absolute Gasteiger partial charge is 0.299 e. The van der Waals surface area contributed by atoms with Gasteiger partial charge in [0.15, 0.2) is 0 Å². The number of likely N-dealkylation sites (tertiary alicyclic amines) is 1. The second kappa shape index (κ2) is 6.01. The summed E-state index contributed by atoms with van der Waals surface area (Å²) in [6.45, 7) is 4.36. The predicted octanol–water partition coefficient (Wildman–Crippen LogP) is 3.85. The van der Waals surface area contributed by atoms with Gasteiger partial charge in [0.05, 0.1) is 4.92 Å². The van der Waals surface area contributed by atoms with Crippen LogP contribution in [0.4, 0.5) is 18.9 Å². The summed E-state index contributed by atoms with van der Waals surface area (Å²) in [5.41, 5.74) is -1.52. The number of halogens is 3. The third-order valence-corrected chi connectivity index (χ3v) is 3.85. The summed E-state index contributed by atoms with van der Waals surface area (Å²) in [7, 11) is 0. The third kappa shape index (κ3) is 3.93. The Kier molecular flexibility index (Phi) is 4.51. The van der Waals surface area contributed by atoms with Crippen LogP contribution in [-0.4, -0.2) is 22.9 Å². The van der Waals surface area contributed by atoms with E-state index in [2.05, 4.69) is 11.8 Å². The van der Waals surface area contributed by atoms with Crippen LogP contribution in [0.15, 0.2) is 18.2 Å². The van der Waals surface area contributed by atoms with Crippen molar-refractivity contribution in [2.24, 2.45) is 5.92 Å². The van der Waals surface area contributed by atoms with Gasteiger partial charge in [-0.2, -0.15) is 13.2 Å². The Hall–Kier alpha value is -1.63. The van der Waals surface area contributed by atoms with E-state index >= 15 is 0 Å². The second-order valence-corrected chi connectivity index (χ2v) is 5.57. The van der Waals surface area contributed by atoms with Crippen molar-refractivity contribution in [2.45, 2.75) is 32.5 Å². The largest absolute Gasteiger partial charge is 0.422 e. The highest BCUT2D eigenvalue weighted by Crippen LogP contribution is 2.36. The molecule has 0 atom stereocenters. The number of hydrogen-bond acceptors (Lipinski definition) is 3. The average Bonchev–Trinajstić information content (AvgIpc) is 2.40. The van der Waals surface area contributed by atoms with Gasteiger partial charge in [0.1, 0.15) is 5.56 Å². The van der Waals surface area contributed by atoms with Crippen molar-refractivity contribution >= 4 is 5.69 Å². The molecule has 1 aliphatic heterocycles. The Bertz CT molecular complexity index is 523. The number of alkyl halides is 3. The minimum atomic E-state index is -4.71. The molecule has 0 spiro atoms. The van der Waals surface area contributed by atoms with Gasteiger partial charge in [-0.25, -0.2) is 0 Å². The molecule has 0 amide bonds. The lowest BCUT2D eigenvalue weighted by molar-refractivity contribution is -0.388. The van der Waals surface area contributed by atoms with Crippen LogP contribution in [0, 0.1) is 16.0 Å². The van der Waals surface area contributed by atoms with Crippen LogP contribution >= 0.6 is 0 Å². The first-order valence-electron chi connectivity index (χ1n) is 6.84. The summed E-state index contributed by atoms with van der Waals surface area (Å²) in [6.07, 6.45) is -2.62. The molecule has 0 N–H and O–H groups in total. The molecule has 0 bridgehead atoms. The van der Waals surface area contributed by atoms with Crippen molar-refractivity contribution < 1.29 is 18.1 Å². The fraction of sp³-hybridized carbons (Fsp3) is 0.571. The monoisotopic (exact) mass is 302 g/mol. The number of hydrogen-bond donors (Lipinski definition) is 0. The number of nitro benzene ring substituents is 1. The van der Waals surface area contributed by atoms with E-state index in [0.717, 1.165) is 38.1 Å². The zero-order chi connectivity index (χ0) is 15.6. The first-order valence-corrected chi connectivity index (χ1v) is 6.84. The zero-order valence-electron chi connectivity index (χ0n) is 11.7. The van der Waals surface area contributed by atoms with Gasteiger partial charge >= 0.3 is 6.18 Å². The van der Waals surface area contributed by atoms with E-state index in [4.69, 9.17) is 0 Å². The van der Waals surface area contributed by atoms with Gasteiger partial charge < -0.3 is 0 Å². The average molecular weight is 302 g/mol. The highest BCUT2D eigenvalue weighted by atomic mass is 19.4. The van der Waals surface area contributed by atoms with Crippen molar-refractivity contribution in [3.05, 3.63) is 39.4 Å². The fourth-order valence-corrected chi connectivity index (χ4v) is 2.54. The Labute approximate surface area is 120 Å². The summed E-state index contributed by atoms with van der Waals surface area (Å²) in [6, 6.07) is 3.18. The molecule has 0 unspecified atom stereocenters. The van der Waals surface area contributed by atoms with Gasteiger partial charge in [-0.1, -0.05) is 13.0 Å². The van der Waals surface area contributed by atoms with E-state index in [-0.39, 0.29) is 0 Å². The van der Waals surface area contributed by atoms with Crippen molar-refractivity contribution in [3.63, 3.8) is 0 Å². The Morgan fingerprint density at radius 3 is 2.48 bits per heavy atom. The highest BCUT2D eigenvalue weighted by molar-refractivity contribution is 5.45. The van der Waals surface area contributed by atoms with Crippen LogP contribution in [0.2, 0.25) is 0 Å². The Morgan fingerprint density at radius 1 is 1.33 bits per heavy atom. The summed E-state index contributed by atoms with van der Waals surface area (Å²) in [4.78, 5) is 12.0. The van der Waals surface area contributed by atoms with Crippen LogP contribution in [0.1, 0.15) is 30.9 Å². The van der Waals surface area contributed by atoms with Crippen molar-refractivity contribution in [1.29, 1.82) is 0 Å². The van der Waals surface area contributed by atoms with E-state index in [0.29, 0.717) is 18.0 Å². The Morgan fingerprint density at radius 2 is 1.95 bits per heavy atom. The molecule has 1 aromatic carbocycles. The third-order valence-electron chi connectivity index (χ3n) is 3.85. The van der Waals surface area contributed by atoms with E-state index in [9.17, 15) is 23.3 Å². The van der Waals surface area contributed by atoms with Crippen LogP contribution in [0.25, 0.3) is 0 Å². The summed E-state index contributed by atoms with van der Waals surface area (Å²) in [5, 5.41) is 10.8. The number of benzene rings is 1. The van der Waals surface area contributed by atoms with Gasteiger partial charge in [0.2, 0.25) is 0 Å². The molecule has 1 saturated heterocycles. The fourth-order valence-electron chi connectivity index (χ4n) is 2.54. The first-order chi connectivity index (χ1) is 9.77. The number of nitrogens with zero attached hydrogens (tertiary/aromatic N) is 2. The molecular weight excluding hydrogens is 285 g/mol. The van der Waals surface area contributed by atoms with Gasteiger partial charge in [-0.05, 0) is 43.5 Å². The van der Waals surface area contributed by atoms with E-state index in [1.807, 2.05) is 0 Å². The molecule has 7 heteroatoms. The van der Waals surface area contributed by atoms with Crippen molar-refractivity contribution in [2.75, 3.05) is 13.1 Å². The maximum absolute atomic E-state index is 12.7. The lowest BCUT2D eigenvalue weighted by Gasteiger charge is -2.30. The Balaban J connectivity index is 2.18. The molecular formula is C14H17F3N2O2. The van der Waals surface area contributed by atoms with Gasteiger partial charge in [-0.15, -0.1) is 0 Å². The first kappa shape index (κ1) is 15.8. The molecule has 21 heavy (non-hydrogen) atoms. The molecule has 0 saturated carbocycles. The molecule has 2 rings (SSSR count). The standard InChI is InChI=1S/C14H17F3N2O2/c1-10-4-6-18(7-5-10)9-11-2-3-12(14(15,16)17)13(8-11)19(20)21/h2-3,8,10H,4-7,9H2,1H3. The topological polar surface area (TPSA) is 46.4 Å². The molecule has 4 nitrogen and oxygen atoms in total. The molecule has 1 heterocycles. The summed E-state index contributed by atoms with van der Waals surface area (Å²) < 4.78 is 38.2. The van der Waals surface area contributed by atoms with E-state index in [1.54, 1.807) is 0 Å². The molecule has 0 aliphatic carbocycles. The maximum atomic E-state index is 12.7. The van der Waals surface area contributed by atoms with Crippen molar-refractivity contribution in [3.8, 4) is 0 Å². The quantitative estimate of drug-likeness (QED) is 0.629. The van der Waals surface area contributed by atoms with Crippen molar-refractivity contribution in [1.82, 2.24) is 4.90 Å². The van der Waals surface area contributed by atoms with Gasteiger partial charge in [0.25, 0.3) is 5.69 Å². The second-order valence-electron chi connectivity index (χ2n) is 5.57. The van der Waals surface area contributed by atoms with Gasteiger partial charge in [-0.3, -0.25) is 15.0 Å². The van der Waals surface area contributed by atoms with Crippen LogP contribution in [0.3, 0.4) is 0 Å². The van der Waals surface area contributed by atoms with Crippen LogP contribution in [0.5, 0.6) is 0 Å². The molecule has 116 valence electrons. The summed E-state index contributed by atoms with van der Waals surface area (Å²) >= 11 is 0. The molecule has 0 radical (unpaired) electrons. The molecule has 0 aromatic heterocycles. The van der Waals surface area contributed by atoms with Gasteiger partial charge in [0, 0.05) is 12.6 Å².